The Bertz CT molecular complexity index is 1390. The summed E-state index contributed by atoms with van der Waals surface area (Å²) >= 11 is 0. The van der Waals surface area contributed by atoms with Crippen molar-refractivity contribution in [2.24, 2.45) is 0 Å². The largest absolute Gasteiger partial charge is 0.360 e. The van der Waals surface area contributed by atoms with E-state index in [4.69, 9.17) is 0 Å². The Hall–Kier alpha value is -4.09. The van der Waals surface area contributed by atoms with E-state index >= 15 is 0 Å². The number of fused-ring (bicyclic) bond motifs is 1. The van der Waals surface area contributed by atoms with Gasteiger partial charge in [0.15, 0.2) is 5.78 Å². The van der Waals surface area contributed by atoms with E-state index in [1.54, 1.807) is 6.20 Å². The molecule has 0 unspecified atom stereocenters. The average molecular weight is 447 g/mol. The Morgan fingerprint density at radius 3 is 2.56 bits per heavy atom. The first-order chi connectivity index (χ1) is 16.7. The Balaban J connectivity index is 1.40. The number of nitrogens with zero attached hydrogens (tertiary/aromatic N) is 2. The molecule has 0 aliphatic heterocycles. The monoisotopic (exact) mass is 446 g/mol. The Kier molecular flexibility index (Phi) is 6.27. The molecule has 0 radical (unpaired) electrons. The molecule has 0 fully saturated rings. The Labute approximate surface area is 198 Å². The predicted octanol–water partition coefficient (Wildman–Crippen LogP) is 5.69. The highest BCUT2D eigenvalue weighted by Crippen LogP contribution is 2.28. The minimum atomic E-state index is -0.426. The molecule has 1 atom stereocenters. The van der Waals surface area contributed by atoms with E-state index in [2.05, 4.69) is 51.7 Å². The molecular weight excluding hydrogens is 420 g/mol. The van der Waals surface area contributed by atoms with E-state index in [1.807, 2.05) is 66.9 Å². The number of aromatic nitrogens is 3. The van der Waals surface area contributed by atoms with Gasteiger partial charge in [-0.05, 0) is 42.7 Å². The molecule has 5 heteroatoms. The maximum atomic E-state index is 13.8. The van der Waals surface area contributed by atoms with Crippen molar-refractivity contribution in [3.63, 3.8) is 0 Å². The third kappa shape index (κ3) is 4.65. The number of rotatable bonds is 8. The maximum absolute atomic E-state index is 13.8. The van der Waals surface area contributed by atoms with Gasteiger partial charge in [0.2, 0.25) is 0 Å². The van der Waals surface area contributed by atoms with E-state index in [0.29, 0.717) is 12.1 Å². The van der Waals surface area contributed by atoms with Gasteiger partial charge in [-0.1, -0.05) is 72.3 Å². The highest BCUT2D eigenvalue weighted by Gasteiger charge is 2.24. The van der Waals surface area contributed by atoms with Gasteiger partial charge in [-0.2, -0.15) is 10.2 Å². The van der Waals surface area contributed by atoms with Crippen LogP contribution in [0.2, 0.25) is 0 Å². The molecule has 5 rings (SSSR count). The molecule has 3 aromatic carbocycles. The molecule has 0 saturated carbocycles. The van der Waals surface area contributed by atoms with Gasteiger partial charge in [-0.25, -0.2) is 0 Å². The van der Waals surface area contributed by atoms with Crippen molar-refractivity contribution in [3.05, 3.63) is 120 Å². The molecule has 2 aromatic heterocycles. The number of benzene rings is 3. The fraction of sp³-hybridized carbons (Fsp3) is 0.138. The first kappa shape index (κ1) is 21.7. The van der Waals surface area contributed by atoms with Crippen molar-refractivity contribution < 1.29 is 4.79 Å². The number of hydrogen-bond acceptors (Lipinski definition) is 4. The fourth-order valence-electron chi connectivity index (χ4n) is 4.22. The first-order valence-electron chi connectivity index (χ1n) is 11.5. The molecule has 2 heterocycles. The number of nitrogens with one attached hydrogen (secondary N) is 2. The second-order valence-electron chi connectivity index (χ2n) is 8.47. The average Bonchev–Trinajstić information content (AvgIpc) is 3.32. The molecule has 34 heavy (non-hydrogen) atoms. The van der Waals surface area contributed by atoms with Gasteiger partial charge in [0.05, 0.1) is 11.7 Å². The van der Waals surface area contributed by atoms with Crippen molar-refractivity contribution in [2.45, 2.75) is 19.4 Å². The summed E-state index contributed by atoms with van der Waals surface area (Å²) in [6.45, 7) is 2.79. The maximum Gasteiger partial charge on any atom is 0.186 e. The first-order valence-corrected chi connectivity index (χ1v) is 11.5. The van der Waals surface area contributed by atoms with Gasteiger partial charge in [0.25, 0.3) is 0 Å². The molecule has 168 valence electrons. The smallest absolute Gasteiger partial charge is 0.186 e. The Morgan fingerprint density at radius 1 is 0.971 bits per heavy atom. The van der Waals surface area contributed by atoms with E-state index in [9.17, 15) is 4.79 Å². The summed E-state index contributed by atoms with van der Waals surface area (Å²) in [6, 6.07) is 27.8. The molecule has 5 nitrogen and oxygen atoms in total. The van der Waals surface area contributed by atoms with Crippen LogP contribution < -0.4 is 5.32 Å². The van der Waals surface area contributed by atoms with Crippen LogP contribution >= 0.6 is 0 Å². The number of ketones is 1. The SMILES string of the molecule is Cc1ccc(CCN[C@@H](C(=O)c2c[nH]c3cc(-c4cccnn4)ccc23)c2ccccc2)cc1. The lowest BCUT2D eigenvalue weighted by Crippen LogP contribution is -2.30. The zero-order valence-electron chi connectivity index (χ0n) is 19.0. The van der Waals surface area contributed by atoms with E-state index < -0.39 is 6.04 Å². The van der Waals surface area contributed by atoms with Gasteiger partial charge < -0.3 is 10.3 Å². The zero-order valence-corrected chi connectivity index (χ0v) is 19.0. The number of aromatic amines is 1. The quantitative estimate of drug-likeness (QED) is 0.301. The summed E-state index contributed by atoms with van der Waals surface area (Å²) in [6.07, 6.45) is 4.32. The standard InChI is InChI=1S/C29H26N4O/c1-20-9-11-21(12-10-20)15-17-30-28(22-6-3-2-4-7-22)29(34)25-19-31-27-18-23(13-14-24(25)27)26-8-5-16-32-33-26/h2-14,16,18-19,28,30-31H,15,17H2,1H3/t28-/m1/s1. The molecule has 5 aromatic rings. The van der Waals surface area contributed by atoms with Crippen molar-refractivity contribution in [1.82, 2.24) is 20.5 Å². The van der Waals surface area contributed by atoms with Crippen LogP contribution in [0.3, 0.4) is 0 Å². The fourth-order valence-corrected chi connectivity index (χ4v) is 4.22. The number of H-pyrrole nitrogens is 1. The number of carbonyl (C=O) groups is 1. The van der Waals surface area contributed by atoms with Crippen LogP contribution in [-0.2, 0) is 6.42 Å². The molecule has 0 bridgehead atoms. The highest BCUT2D eigenvalue weighted by atomic mass is 16.1. The van der Waals surface area contributed by atoms with Crippen LogP contribution in [0.4, 0.5) is 0 Å². The second kappa shape index (κ2) is 9.81. The topological polar surface area (TPSA) is 70.7 Å². The summed E-state index contributed by atoms with van der Waals surface area (Å²) in [5, 5.41) is 12.6. The zero-order chi connectivity index (χ0) is 23.3. The van der Waals surface area contributed by atoms with Crippen LogP contribution in [0.15, 0.2) is 97.3 Å². The van der Waals surface area contributed by atoms with Gasteiger partial charge in [-0.15, -0.1) is 0 Å². The normalized spacial score (nSPS) is 12.0. The van der Waals surface area contributed by atoms with Crippen LogP contribution in [0.1, 0.15) is 33.1 Å². The molecule has 2 N–H and O–H groups in total. The minimum Gasteiger partial charge on any atom is -0.360 e. The Morgan fingerprint density at radius 2 is 1.79 bits per heavy atom. The molecule has 0 amide bonds. The van der Waals surface area contributed by atoms with Crippen LogP contribution in [0.5, 0.6) is 0 Å². The summed E-state index contributed by atoms with van der Waals surface area (Å²) in [4.78, 5) is 17.0. The van der Waals surface area contributed by atoms with Crippen molar-refractivity contribution in [1.29, 1.82) is 0 Å². The number of Topliss-reactive ketones (excluding diaryl/α,β-unsaturated/α-hetero) is 1. The number of aryl methyl sites for hydroxylation is 1. The van der Waals surface area contributed by atoms with Crippen molar-refractivity contribution in [3.8, 4) is 11.3 Å². The van der Waals surface area contributed by atoms with Crippen molar-refractivity contribution in [2.75, 3.05) is 6.54 Å². The summed E-state index contributed by atoms with van der Waals surface area (Å²) in [5.74, 6) is 0.0496. The van der Waals surface area contributed by atoms with E-state index in [0.717, 1.165) is 34.1 Å². The number of carbonyl (C=O) groups excluding carboxylic acids is 1. The van der Waals surface area contributed by atoms with Gasteiger partial charge in [0, 0.05) is 41.0 Å². The van der Waals surface area contributed by atoms with Crippen LogP contribution in [-0.4, -0.2) is 27.5 Å². The lowest BCUT2D eigenvalue weighted by Gasteiger charge is -2.18. The third-order valence-corrected chi connectivity index (χ3v) is 6.09. The summed E-state index contributed by atoms with van der Waals surface area (Å²) in [5.41, 5.74) is 6.79. The lowest BCUT2D eigenvalue weighted by molar-refractivity contribution is 0.0945. The van der Waals surface area contributed by atoms with Crippen LogP contribution in [0.25, 0.3) is 22.2 Å². The highest BCUT2D eigenvalue weighted by molar-refractivity contribution is 6.11. The molecular formula is C29H26N4O. The van der Waals surface area contributed by atoms with Crippen LogP contribution in [0, 0.1) is 6.92 Å². The molecule has 0 saturated heterocycles. The second-order valence-corrected chi connectivity index (χ2v) is 8.47. The van der Waals surface area contributed by atoms with Crippen molar-refractivity contribution >= 4 is 16.7 Å². The number of hydrogen-bond donors (Lipinski definition) is 2. The minimum absolute atomic E-state index is 0.0496. The lowest BCUT2D eigenvalue weighted by atomic mass is 9.96. The van der Waals surface area contributed by atoms with Gasteiger partial charge >= 0.3 is 0 Å². The molecule has 0 aliphatic carbocycles. The van der Waals surface area contributed by atoms with E-state index in [1.165, 1.54) is 11.1 Å². The molecule has 0 aliphatic rings. The van der Waals surface area contributed by atoms with Gasteiger partial charge in [0.1, 0.15) is 0 Å². The molecule has 0 spiro atoms. The summed E-state index contributed by atoms with van der Waals surface area (Å²) in [7, 11) is 0. The summed E-state index contributed by atoms with van der Waals surface area (Å²) < 4.78 is 0. The predicted molar refractivity (Wildman–Crippen MR) is 136 cm³/mol. The third-order valence-electron chi connectivity index (χ3n) is 6.09. The van der Waals surface area contributed by atoms with Gasteiger partial charge in [-0.3, -0.25) is 4.79 Å². The van der Waals surface area contributed by atoms with E-state index in [-0.39, 0.29) is 5.78 Å².